The molecule has 1 amide bonds. The molecule has 1 saturated heterocycles. The fourth-order valence-corrected chi connectivity index (χ4v) is 2.09. The monoisotopic (exact) mass is 237 g/mol. The number of hydrogen-bond acceptors (Lipinski definition) is 4. The Kier molecular flexibility index (Phi) is 4.08. The summed E-state index contributed by atoms with van der Waals surface area (Å²) >= 11 is 0. The summed E-state index contributed by atoms with van der Waals surface area (Å²) in [7, 11) is 0. The summed E-state index contributed by atoms with van der Waals surface area (Å²) in [5.41, 5.74) is 0. The molecular weight excluding hydrogens is 218 g/mol. The summed E-state index contributed by atoms with van der Waals surface area (Å²) in [5, 5.41) is 12.7. The molecule has 94 valence electrons. The van der Waals surface area contributed by atoms with Crippen molar-refractivity contribution in [2.75, 3.05) is 13.1 Å². The van der Waals surface area contributed by atoms with Gasteiger partial charge in [-0.3, -0.25) is 9.89 Å². The van der Waals surface area contributed by atoms with Gasteiger partial charge < -0.3 is 10.6 Å². The van der Waals surface area contributed by atoms with Crippen LogP contribution in [0.3, 0.4) is 0 Å². The minimum Gasteiger partial charge on any atom is -0.354 e. The van der Waals surface area contributed by atoms with Crippen LogP contribution in [0.1, 0.15) is 25.6 Å². The quantitative estimate of drug-likeness (QED) is 0.680. The fraction of sp³-hybridized carbons (Fsp3) is 0.727. The van der Waals surface area contributed by atoms with Crippen LogP contribution in [0.2, 0.25) is 0 Å². The zero-order chi connectivity index (χ0) is 12.1. The van der Waals surface area contributed by atoms with E-state index in [0.29, 0.717) is 18.9 Å². The number of carbonyl (C=O) groups is 1. The smallest absolute Gasteiger partial charge is 0.237 e. The molecule has 0 radical (unpaired) electrons. The number of piperidine rings is 1. The summed E-state index contributed by atoms with van der Waals surface area (Å²) < 4.78 is 0. The third kappa shape index (κ3) is 3.52. The van der Waals surface area contributed by atoms with Gasteiger partial charge in [-0.05, 0) is 25.3 Å². The average Bonchev–Trinajstić information content (AvgIpc) is 2.82. The van der Waals surface area contributed by atoms with Gasteiger partial charge in [0.1, 0.15) is 12.2 Å². The minimum atomic E-state index is -0.0338. The molecular formula is C11H19N5O. The number of H-pyrrole nitrogens is 1. The Morgan fingerprint density at radius 1 is 1.65 bits per heavy atom. The molecule has 0 aliphatic carbocycles. The van der Waals surface area contributed by atoms with E-state index in [1.54, 1.807) is 0 Å². The number of aromatic amines is 1. The molecule has 0 saturated carbocycles. The fourth-order valence-electron chi connectivity index (χ4n) is 2.09. The van der Waals surface area contributed by atoms with Gasteiger partial charge in [0, 0.05) is 13.0 Å². The first kappa shape index (κ1) is 12.0. The number of carbonyl (C=O) groups excluding carboxylic acids is 1. The lowest BCUT2D eigenvalue weighted by Crippen LogP contribution is -2.48. The van der Waals surface area contributed by atoms with E-state index >= 15 is 0 Å². The van der Waals surface area contributed by atoms with Gasteiger partial charge >= 0.3 is 0 Å². The van der Waals surface area contributed by atoms with Crippen molar-refractivity contribution in [2.45, 2.75) is 32.2 Å². The molecule has 17 heavy (non-hydrogen) atoms. The highest BCUT2D eigenvalue weighted by molar-refractivity contribution is 5.81. The van der Waals surface area contributed by atoms with E-state index in [-0.39, 0.29) is 11.9 Å². The number of amides is 1. The zero-order valence-corrected chi connectivity index (χ0v) is 10.1. The van der Waals surface area contributed by atoms with Crippen molar-refractivity contribution in [1.29, 1.82) is 0 Å². The summed E-state index contributed by atoms with van der Waals surface area (Å²) in [5.74, 6) is 1.52. The molecule has 1 aromatic heterocycles. The normalized spacial score (nSPS) is 24.5. The van der Waals surface area contributed by atoms with Crippen LogP contribution in [0.5, 0.6) is 0 Å². The van der Waals surface area contributed by atoms with E-state index in [1.165, 1.54) is 6.33 Å². The SMILES string of the molecule is CC1CCNC(C(=O)NCCc2ncn[nH]2)C1. The van der Waals surface area contributed by atoms with Gasteiger partial charge in [0.05, 0.1) is 6.04 Å². The van der Waals surface area contributed by atoms with Crippen LogP contribution in [0.4, 0.5) is 0 Å². The van der Waals surface area contributed by atoms with Crippen molar-refractivity contribution < 1.29 is 4.79 Å². The Morgan fingerprint density at radius 3 is 3.24 bits per heavy atom. The first-order chi connectivity index (χ1) is 8.25. The van der Waals surface area contributed by atoms with E-state index in [9.17, 15) is 4.79 Å². The van der Waals surface area contributed by atoms with Gasteiger partial charge in [0.25, 0.3) is 0 Å². The molecule has 3 N–H and O–H groups in total. The molecule has 2 unspecified atom stereocenters. The molecule has 6 heteroatoms. The summed E-state index contributed by atoms with van der Waals surface area (Å²) in [4.78, 5) is 15.9. The van der Waals surface area contributed by atoms with Gasteiger partial charge in [0.15, 0.2) is 0 Å². The Hall–Kier alpha value is -1.43. The number of hydrogen-bond donors (Lipinski definition) is 3. The number of rotatable bonds is 4. The van der Waals surface area contributed by atoms with Crippen LogP contribution < -0.4 is 10.6 Å². The lowest BCUT2D eigenvalue weighted by Gasteiger charge is -2.27. The second-order valence-electron chi connectivity index (χ2n) is 4.61. The first-order valence-electron chi connectivity index (χ1n) is 6.11. The Labute approximate surface area is 101 Å². The van der Waals surface area contributed by atoms with Gasteiger partial charge in [-0.15, -0.1) is 0 Å². The summed E-state index contributed by atoms with van der Waals surface area (Å²) in [6.07, 6.45) is 4.24. The van der Waals surface area contributed by atoms with Crippen LogP contribution in [0.15, 0.2) is 6.33 Å². The second kappa shape index (κ2) is 5.77. The molecule has 1 fully saturated rings. The van der Waals surface area contributed by atoms with Crippen molar-refractivity contribution in [3.8, 4) is 0 Å². The molecule has 1 aromatic rings. The van der Waals surface area contributed by atoms with Crippen LogP contribution in [0, 0.1) is 5.92 Å². The van der Waals surface area contributed by atoms with Crippen molar-refractivity contribution in [3.63, 3.8) is 0 Å². The maximum atomic E-state index is 11.9. The minimum absolute atomic E-state index is 0.0338. The molecule has 2 atom stereocenters. The van der Waals surface area contributed by atoms with Gasteiger partial charge in [-0.2, -0.15) is 5.10 Å². The number of nitrogens with zero attached hydrogens (tertiary/aromatic N) is 2. The van der Waals surface area contributed by atoms with Gasteiger partial charge in [-0.1, -0.05) is 6.92 Å². The van der Waals surface area contributed by atoms with E-state index in [1.807, 2.05) is 0 Å². The van der Waals surface area contributed by atoms with Gasteiger partial charge in [-0.25, -0.2) is 4.98 Å². The Bertz CT molecular complexity index is 351. The molecule has 2 heterocycles. The van der Waals surface area contributed by atoms with Crippen molar-refractivity contribution in [2.24, 2.45) is 5.92 Å². The van der Waals surface area contributed by atoms with Gasteiger partial charge in [0.2, 0.25) is 5.91 Å². The first-order valence-corrected chi connectivity index (χ1v) is 6.11. The maximum absolute atomic E-state index is 11.9. The van der Waals surface area contributed by atoms with Crippen LogP contribution in [-0.2, 0) is 11.2 Å². The van der Waals surface area contributed by atoms with Crippen LogP contribution >= 0.6 is 0 Å². The molecule has 2 rings (SSSR count). The Balaban J connectivity index is 1.70. The average molecular weight is 237 g/mol. The van der Waals surface area contributed by atoms with Crippen LogP contribution in [0.25, 0.3) is 0 Å². The molecule has 1 aliphatic rings. The standard InChI is InChI=1S/C11H19N5O/c1-8-2-4-12-9(6-8)11(17)13-5-3-10-14-7-15-16-10/h7-9,12H,2-6H2,1H3,(H,13,17)(H,14,15,16). The molecule has 6 nitrogen and oxygen atoms in total. The predicted octanol–water partition coefficient (Wildman–Crippen LogP) is -0.148. The highest BCUT2D eigenvalue weighted by Crippen LogP contribution is 2.14. The van der Waals surface area contributed by atoms with E-state index < -0.39 is 0 Å². The highest BCUT2D eigenvalue weighted by Gasteiger charge is 2.23. The lowest BCUT2D eigenvalue weighted by atomic mass is 9.94. The van der Waals surface area contributed by atoms with Crippen molar-refractivity contribution in [1.82, 2.24) is 25.8 Å². The van der Waals surface area contributed by atoms with E-state index in [0.717, 1.165) is 25.2 Å². The summed E-state index contributed by atoms with van der Waals surface area (Å²) in [6.45, 7) is 3.72. The Morgan fingerprint density at radius 2 is 2.53 bits per heavy atom. The van der Waals surface area contributed by atoms with Crippen molar-refractivity contribution >= 4 is 5.91 Å². The van der Waals surface area contributed by atoms with Crippen molar-refractivity contribution in [3.05, 3.63) is 12.2 Å². The lowest BCUT2D eigenvalue weighted by molar-refractivity contribution is -0.124. The maximum Gasteiger partial charge on any atom is 0.237 e. The van der Waals surface area contributed by atoms with E-state index in [2.05, 4.69) is 32.7 Å². The largest absolute Gasteiger partial charge is 0.354 e. The van der Waals surface area contributed by atoms with Crippen LogP contribution in [-0.4, -0.2) is 40.2 Å². The van der Waals surface area contributed by atoms with E-state index in [4.69, 9.17) is 0 Å². The molecule has 0 aromatic carbocycles. The third-order valence-electron chi connectivity index (χ3n) is 3.11. The third-order valence-corrected chi connectivity index (χ3v) is 3.11. The topological polar surface area (TPSA) is 82.7 Å². The highest BCUT2D eigenvalue weighted by atomic mass is 16.2. The number of nitrogens with one attached hydrogen (secondary N) is 3. The zero-order valence-electron chi connectivity index (χ0n) is 10.1. The summed E-state index contributed by atoms with van der Waals surface area (Å²) in [6, 6.07) is -0.0338. The predicted molar refractivity (Wildman–Crippen MR) is 63.3 cm³/mol. The molecule has 0 bridgehead atoms. The molecule has 0 spiro atoms. The number of aromatic nitrogens is 3. The second-order valence-corrected chi connectivity index (χ2v) is 4.61. The molecule has 1 aliphatic heterocycles.